The smallest absolute Gasteiger partial charge is 0.137 e. The number of hydrogen-bond acceptors (Lipinski definition) is 5. The van der Waals surface area contributed by atoms with E-state index in [1.807, 2.05) is 4.68 Å². The zero-order chi connectivity index (χ0) is 13.5. The summed E-state index contributed by atoms with van der Waals surface area (Å²) in [6, 6.07) is 0.400. The van der Waals surface area contributed by atoms with Gasteiger partial charge in [0.2, 0.25) is 0 Å². The first-order valence-corrected chi connectivity index (χ1v) is 7.17. The standard InChI is InChI=1S/C13H25N5O/c1-12(8-18-11-14-10-16-18)15-4-7-17-5-2-13(9-19)3-6-17/h10-13,15,19H,2-9H2,1H3. The van der Waals surface area contributed by atoms with Crippen molar-refractivity contribution in [1.29, 1.82) is 0 Å². The van der Waals surface area contributed by atoms with Crippen LogP contribution in [0.25, 0.3) is 0 Å². The maximum Gasteiger partial charge on any atom is 0.137 e. The van der Waals surface area contributed by atoms with E-state index < -0.39 is 0 Å². The van der Waals surface area contributed by atoms with Crippen LogP contribution in [0.2, 0.25) is 0 Å². The first-order chi connectivity index (χ1) is 9.28. The van der Waals surface area contributed by atoms with Gasteiger partial charge in [0.05, 0.1) is 6.54 Å². The molecular weight excluding hydrogens is 242 g/mol. The van der Waals surface area contributed by atoms with Crippen molar-refractivity contribution in [3.05, 3.63) is 12.7 Å². The Bertz CT molecular complexity index is 335. The molecule has 1 aromatic rings. The number of aliphatic hydroxyl groups is 1. The highest BCUT2D eigenvalue weighted by atomic mass is 16.3. The summed E-state index contributed by atoms with van der Waals surface area (Å²) in [4.78, 5) is 6.41. The van der Waals surface area contributed by atoms with Crippen molar-refractivity contribution in [2.75, 3.05) is 32.8 Å². The van der Waals surface area contributed by atoms with Gasteiger partial charge in [0, 0.05) is 25.7 Å². The number of aliphatic hydroxyl groups excluding tert-OH is 1. The number of nitrogens with zero attached hydrogens (tertiary/aromatic N) is 4. The van der Waals surface area contributed by atoms with Crippen molar-refractivity contribution >= 4 is 0 Å². The Hall–Kier alpha value is -0.980. The molecule has 0 aromatic carbocycles. The summed E-state index contributed by atoms with van der Waals surface area (Å²) in [5, 5.41) is 16.7. The van der Waals surface area contributed by atoms with Gasteiger partial charge in [0.25, 0.3) is 0 Å². The lowest BCUT2D eigenvalue weighted by Crippen LogP contribution is -2.41. The summed E-state index contributed by atoms with van der Waals surface area (Å²) in [5.74, 6) is 0.524. The van der Waals surface area contributed by atoms with Crippen molar-refractivity contribution in [1.82, 2.24) is 25.0 Å². The van der Waals surface area contributed by atoms with Gasteiger partial charge >= 0.3 is 0 Å². The van der Waals surface area contributed by atoms with E-state index in [4.69, 9.17) is 5.11 Å². The Kier molecular flexibility index (Phi) is 5.75. The average molecular weight is 267 g/mol. The summed E-state index contributed by atoms with van der Waals surface area (Å²) in [6.07, 6.45) is 5.58. The molecule has 0 bridgehead atoms. The SMILES string of the molecule is CC(Cn1cncn1)NCCN1CCC(CO)CC1. The van der Waals surface area contributed by atoms with Gasteiger partial charge in [-0.15, -0.1) is 0 Å². The molecule has 0 amide bonds. The molecule has 6 heteroatoms. The largest absolute Gasteiger partial charge is 0.396 e. The number of hydrogen-bond donors (Lipinski definition) is 2. The third kappa shape index (κ3) is 4.89. The predicted molar refractivity (Wildman–Crippen MR) is 73.7 cm³/mol. The van der Waals surface area contributed by atoms with E-state index in [9.17, 15) is 0 Å². The molecule has 2 N–H and O–H groups in total. The fraction of sp³-hybridized carbons (Fsp3) is 0.846. The fourth-order valence-electron chi connectivity index (χ4n) is 2.53. The molecule has 1 unspecified atom stereocenters. The van der Waals surface area contributed by atoms with Crippen LogP contribution in [-0.2, 0) is 6.54 Å². The van der Waals surface area contributed by atoms with Crippen LogP contribution in [0.5, 0.6) is 0 Å². The number of likely N-dealkylation sites (tertiary alicyclic amines) is 1. The maximum absolute atomic E-state index is 9.10. The van der Waals surface area contributed by atoms with Crippen LogP contribution in [0.1, 0.15) is 19.8 Å². The van der Waals surface area contributed by atoms with Gasteiger partial charge in [-0.25, -0.2) is 4.98 Å². The summed E-state index contributed by atoms with van der Waals surface area (Å²) < 4.78 is 1.85. The molecule has 0 spiro atoms. The van der Waals surface area contributed by atoms with Crippen molar-refractivity contribution < 1.29 is 5.11 Å². The normalized spacial score (nSPS) is 19.7. The first kappa shape index (κ1) is 14.4. The Morgan fingerprint density at radius 2 is 2.21 bits per heavy atom. The average Bonchev–Trinajstić information content (AvgIpc) is 2.92. The zero-order valence-corrected chi connectivity index (χ0v) is 11.7. The maximum atomic E-state index is 9.10. The van der Waals surface area contributed by atoms with E-state index in [1.54, 1.807) is 12.7 Å². The van der Waals surface area contributed by atoms with Gasteiger partial charge < -0.3 is 15.3 Å². The minimum Gasteiger partial charge on any atom is -0.396 e. The van der Waals surface area contributed by atoms with E-state index >= 15 is 0 Å². The minimum atomic E-state index is 0.348. The lowest BCUT2D eigenvalue weighted by Gasteiger charge is -2.31. The Balaban J connectivity index is 1.56. The molecule has 1 aliphatic rings. The topological polar surface area (TPSA) is 66.2 Å². The molecule has 108 valence electrons. The van der Waals surface area contributed by atoms with E-state index in [1.165, 1.54) is 0 Å². The Labute approximate surface area is 114 Å². The first-order valence-electron chi connectivity index (χ1n) is 7.17. The number of nitrogens with one attached hydrogen (secondary N) is 1. The monoisotopic (exact) mass is 267 g/mol. The third-order valence-electron chi connectivity index (χ3n) is 3.81. The summed E-state index contributed by atoms with van der Waals surface area (Å²) in [5.41, 5.74) is 0. The van der Waals surface area contributed by atoms with Gasteiger partial charge in [-0.2, -0.15) is 5.10 Å². The second-order valence-electron chi connectivity index (χ2n) is 5.44. The second-order valence-corrected chi connectivity index (χ2v) is 5.44. The minimum absolute atomic E-state index is 0.348. The lowest BCUT2D eigenvalue weighted by molar-refractivity contribution is 0.131. The number of rotatable bonds is 7. The molecule has 2 heterocycles. The van der Waals surface area contributed by atoms with Crippen LogP contribution in [0.3, 0.4) is 0 Å². The molecule has 0 radical (unpaired) electrons. The van der Waals surface area contributed by atoms with E-state index in [-0.39, 0.29) is 0 Å². The van der Waals surface area contributed by atoms with Crippen molar-refractivity contribution in [2.24, 2.45) is 5.92 Å². The fourth-order valence-corrected chi connectivity index (χ4v) is 2.53. The van der Waals surface area contributed by atoms with Gasteiger partial charge in [-0.3, -0.25) is 4.68 Å². The quantitative estimate of drug-likeness (QED) is 0.726. The highest BCUT2D eigenvalue weighted by Crippen LogP contribution is 2.15. The summed E-state index contributed by atoms with van der Waals surface area (Å²) in [7, 11) is 0. The molecule has 1 aliphatic heterocycles. The zero-order valence-electron chi connectivity index (χ0n) is 11.7. The van der Waals surface area contributed by atoms with Crippen molar-refractivity contribution in [3.8, 4) is 0 Å². The van der Waals surface area contributed by atoms with Crippen molar-refractivity contribution in [2.45, 2.75) is 32.4 Å². The third-order valence-corrected chi connectivity index (χ3v) is 3.81. The molecule has 2 rings (SSSR count). The molecule has 1 atom stereocenters. The van der Waals surface area contributed by atoms with Crippen LogP contribution in [0.4, 0.5) is 0 Å². The molecule has 0 aliphatic carbocycles. The van der Waals surface area contributed by atoms with Gasteiger partial charge in [-0.1, -0.05) is 0 Å². The molecule has 1 fully saturated rings. The van der Waals surface area contributed by atoms with Gasteiger partial charge in [-0.05, 0) is 38.8 Å². The molecule has 0 saturated carbocycles. The molecule has 1 aromatic heterocycles. The van der Waals surface area contributed by atoms with Crippen LogP contribution in [-0.4, -0.2) is 63.6 Å². The van der Waals surface area contributed by atoms with Gasteiger partial charge in [0.1, 0.15) is 12.7 Å². The Morgan fingerprint density at radius 3 is 2.84 bits per heavy atom. The second kappa shape index (κ2) is 7.57. The number of piperidine rings is 1. The molecule has 6 nitrogen and oxygen atoms in total. The molecule has 19 heavy (non-hydrogen) atoms. The van der Waals surface area contributed by atoms with Crippen molar-refractivity contribution in [3.63, 3.8) is 0 Å². The van der Waals surface area contributed by atoms with E-state index in [2.05, 4.69) is 27.2 Å². The lowest BCUT2D eigenvalue weighted by atomic mass is 9.98. The molecular formula is C13H25N5O. The Morgan fingerprint density at radius 1 is 1.42 bits per heavy atom. The van der Waals surface area contributed by atoms with Gasteiger partial charge in [0.15, 0.2) is 0 Å². The highest BCUT2D eigenvalue weighted by molar-refractivity contribution is 4.73. The van der Waals surface area contributed by atoms with Crippen LogP contribution in [0, 0.1) is 5.92 Å². The predicted octanol–water partition coefficient (Wildman–Crippen LogP) is -0.0395. The van der Waals surface area contributed by atoms with Crippen LogP contribution in [0.15, 0.2) is 12.7 Å². The summed E-state index contributed by atoms with van der Waals surface area (Å²) in [6.45, 7) is 7.68. The van der Waals surface area contributed by atoms with Crippen LogP contribution >= 0.6 is 0 Å². The van der Waals surface area contributed by atoms with E-state index in [0.29, 0.717) is 18.6 Å². The highest BCUT2D eigenvalue weighted by Gasteiger charge is 2.17. The molecule has 1 saturated heterocycles. The number of aromatic nitrogens is 3. The van der Waals surface area contributed by atoms with E-state index in [0.717, 1.165) is 45.6 Å². The summed E-state index contributed by atoms with van der Waals surface area (Å²) >= 11 is 0. The van der Waals surface area contributed by atoms with Crippen LogP contribution < -0.4 is 5.32 Å².